The summed E-state index contributed by atoms with van der Waals surface area (Å²) < 4.78 is 41.3. The van der Waals surface area contributed by atoms with Gasteiger partial charge >= 0.3 is 6.18 Å². The van der Waals surface area contributed by atoms with Crippen LogP contribution in [0.3, 0.4) is 0 Å². The van der Waals surface area contributed by atoms with Crippen LogP contribution < -0.4 is 5.32 Å². The fourth-order valence-corrected chi connectivity index (χ4v) is 7.16. The second-order valence-electron chi connectivity index (χ2n) is 9.18. The molecule has 4 bridgehead atoms. The van der Waals surface area contributed by atoms with Gasteiger partial charge in [-0.2, -0.15) is 24.9 Å². The molecular weight excluding hydrogens is 401 g/mol. The summed E-state index contributed by atoms with van der Waals surface area (Å²) in [5, 5.41) is 3.29. The first-order chi connectivity index (χ1) is 13.8. The minimum absolute atomic E-state index is 0.00465. The number of alkyl halides is 3. The Hall–Kier alpha value is -1.51. The highest BCUT2D eigenvalue weighted by atomic mass is 32.2. The van der Waals surface area contributed by atoms with Crippen molar-refractivity contribution in [2.75, 3.05) is 29.9 Å². The first-order valence-electron chi connectivity index (χ1n) is 10.4. The van der Waals surface area contributed by atoms with Crippen molar-refractivity contribution in [3.05, 3.63) is 17.5 Å². The van der Waals surface area contributed by atoms with Crippen molar-refractivity contribution in [2.24, 2.45) is 17.8 Å². The fourth-order valence-electron chi connectivity index (χ4n) is 6.25. The molecule has 0 spiro atoms. The van der Waals surface area contributed by atoms with Gasteiger partial charge in [0.05, 0.1) is 5.56 Å². The Morgan fingerprint density at radius 1 is 1.10 bits per heavy atom. The average Bonchev–Trinajstić information content (AvgIpc) is 2.66. The maximum Gasteiger partial charge on any atom is 0.434 e. The molecule has 1 aliphatic heterocycles. The van der Waals surface area contributed by atoms with Crippen LogP contribution in [0, 0.1) is 17.8 Å². The van der Waals surface area contributed by atoms with E-state index in [0.29, 0.717) is 30.8 Å². The molecule has 0 unspecified atom stereocenters. The highest BCUT2D eigenvalue weighted by Crippen LogP contribution is 2.56. The summed E-state index contributed by atoms with van der Waals surface area (Å²) >= 11 is 1.70. The van der Waals surface area contributed by atoms with E-state index in [1.54, 1.807) is 11.8 Å². The van der Waals surface area contributed by atoms with Crippen LogP contribution in [-0.4, -0.2) is 50.9 Å². The van der Waals surface area contributed by atoms with Crippen LogP contribution in [0.4, 0.5) is 19.1 Å². The highest BCUT2D eigenvalue weighted by Gasteiger charge is 2.51. The molecule has 0 aromatic carbocycles. The topological polar surface area (TPSA) is 58.1 Å². The van der Waals surface area contributed by atoms with Crippen LogP contribution >= 0.6 is 11.8 Å². The number of carbonyl (C=O) groups excluding carboxylic acids is 1. The van der Waals surface area contributed by atoms with Crippen molar-refractivity contribution in [2.45, 2.75) is 50.2 Å². The number of thioether (sulfide) groups is 1. The third-order valence-corrected chi connectivity index (χ3v) is 7.94. The second kappa shape index (κ2) is 7.03. The van der Waals surface area contributed by atoms with Crippen LogP contribution in [0.15, 0.2) is 6.20 Å². The number of anilines is 1. The molecular formula is C20H25F3N4OS. The molecule has 29 heavy (non-hydrogen) atoms. The van der Waals surface area contributed by atoms with Gasteiger partial charge < -0.3 is 10.2 Å². The largest absolute Gasteiger partial charge is 0.434 e. The van der Waals surface area contributed by atoms with E-state index in [2.05, 4.69) is 15.3 Å². The van der Waals surface area contributed by atoms with Gasteiger partial charge in [0.25, 0.3) is 5.91 Å². The van der Waals surface area contributed by atoms with Crippen LogP contribution in [0.1, 0.15) is 54.6 Å². The minimum atomic E-state index is -4.70. The second-order valence-corrected chi connectivity index (χ2v) is 10.4. The normalized spacial score (nSPS) is 33.8. The van der Waals surface area contributed by atoms with Gasteiger partial charge in [-0.05, 0) is 56.3 Å². The van der Waals surface area contributed by atoms with E-state index in [-0.39, 0.29) is 11.5 Å². The zero-order chi connectivity index (χ0) is 20.2. The van der Waals surface area contributed by atoms with Crippen molar-refractivity contribution in [1.82, 2.24) is 14.9 Å². The standard InChI is InChI=1S/C20H25F3N4OS/c21-20(22,23)16-15(17(28)27-1-3-29-4-2-27)11-24-18(25-16)26-19-8-12-5-13(9-19)7-14(6-12)10-19/h11-14H,1-10H2,(H,24,25,26). The lowest BCUT2D eigenvalue weighted by Gasteiger charge is -2.56. The fraction of sp³-hybridized carbons (Fsp3) is 0.750. The number of hydrogen-bond acceptors (Lipinski definition) is 5. The van der Waals surface area contributed by atoms with Gasteiger partial charge in [-0.25, -0.2) is 9.97 Å². The van der Waals surface area contributed by atoms with Crippen LogP contribution in [0.2, 0.25) is 0 Å². The number of nitrogens with one attached hydrogen (secondary N) is 1. The van der Waals surface area contributed by atoms with Crippen molar-refractivity contribution in [1.29, 1.82) is 0 Å². The molecule has 1 aromatic rings. The van der Waals surface area contributed by atoms with Crippen LogP contribution in [0.25, 0.3) is 0 Å². The van der Waals surface area contributed by atoms with E-state index < -0.39 is 23.3 Å². The maximum absolute atomic E-state index is 13.8. The van der Waals surface area contributed by atoms with E-state index in [1.807, 2.05) is 0 Å². The predicted molar refractivity (Wildman–Crippen MR) is 105 cm³/mol. The number of nitrogens with zero attached hydrogens (tertiary/aromatic N) is 3. The lowest BCUT2D eigenvalue weighted by Crippen LogP contribution is -2.55. The number of hydrogen-bond donors (Lipinski definition) is 1. The smallest absolute Gasteiger partial charge is 0.349 e. The van der Waals surface area contributed by atoms with Gasteiger partial charge in [0.15, 0.2) is 5.69 Å². The number of halogens is 3. The molecule has 1 amide bonds. The van der Waals surface area contributed by atoms with E-state index in [9.17, 15) is 18.0 Å². The molecule has 0 atom stereocenters. The maximum atomic E-state index is 13.8. The minimum Gasteiger partial charge on any atom is -0.349 e. The zero-order valence-corrected chi connectivity index (χ0v) is 17.0. The first kappa shape index (κ1) is 19.5. The lowest BCUT2D eigenvalue weighted by molar-refractivity contribution is -0.141. The van der Waals surface area contributed by atoms with E-state index >= 15 is 0 Å². The predicted octanol–water partition coefficient (Wildman–Crippen LogP) is 4.07. The molecule has 1 N–H and O–H groups in total. The first-order valence-corrected chi connectivity index (χ1v) is 11.6. The monoisotopic (exact) mass is 426 g/mol. The van der Waals surface area contributed by atoms with Gasteiger partial charge in [0, 0.05) is 36.3 Å². The molecule has 5 fully saturated rings. The molecule has 5 aliphatic rings. The summed E-state index contributed by atoms with van der Waals surface area (Å²) in [6, 6.07) is 0. The Balaban J connectivity index is 1.42. The Morgan fingerprint density at radius 2 is 1.69 bits per heavy atom. The summed E-state index contributed by atoms with van der Waals surface area (Å²) in [5.74, 6) is 2.83. The molecule has 4 saturated carbocycles. The number of rotatable bonds is 3. The summed E-state index contributed by atoms with van der Waals surface area (Å²) in [7, 11) is 0. The quantitative estimate of drug-likeness (QED) is 0.790. The Morgan fingerprint density at radius 3 is 2.24 bits per heavy atom. The van der Waals surface area contributed by atoms with Gasteiger partial charge in [-0.1, -0.05) is 0 Å². The zero-order valence-electron chi connectivity index (χ0n) is 16.2. The Bertz CT molecular complexity index is 774. The van der Waals surface area contributed by atoms with Crippen molar-refractivity contribution in [3.63, 3.8) is 0 Å². The summed E-state index contributed by atoms with van der Waals surface area (Å²) in [4.78, 5) is 22.2. The molecule has 1 saturated heterocycles. The lowest BCUT2D eigenvalue weighted by atomic mass is 9.53. The third-order valence-electron chi connectivity index (χ3n) is 7.00. The third kappa shape index (κ3) is 3.70. The summed E-state index contributed by atoms with van der Waals surface area (Å²) in [5.41, 5.74) is -1.75. The summed E-state index contributed by atoms with van der Waals surface area (Å²) in [6.45, 7) is 0.905. The molecule has 2 heterocycles. The van der Waals surface area contributed by atoms with E-state index in [4.69, 9.17) is 0 Å². The molecule has 1 aromatic heterocycles. The number of carbonyl (C=O) groups is 1. The molecule has 9 heteroatoms. The molecule has 4 aliphatic carbocycles. The summed E-state index contributed by atoms with van der Waals surface area (Å²) in [6.07, 6.45) is 3.06. The SMILES string of the molecule is O=C(c1cnc(NC23CC4CC(CC(C4)C2)C3)nc1C(F)(F)F)N1CCSCC1. The van der Waals surface area contributed by atoms with Crippen LogP contribution in [-0.2, 0) is 6.18 Å². The van der Waals surface area contributed by atoms with Crippen molar-refractivity contribution < 1.29 is 18.0 Å². The van der Waals surface area contributed by atoms with Crippen molar-refractivity contribution in [3.8, 4) is 0 Å². The number of amides is 1. The van der Waals surface area contributed by atoms with Gasteiger partial charge in [0.2, 0.25) is 5.95 Å². The van der Waals surface area contributed by atoms with Crippen LogP contribution in [0.5, 0.6) is 0 Å². The van der Waals surface area contributed by atoms with Crippen molar-refractivity contribution >= 4 is 23.6 Å². The van der Waals surface area contributed by atoms with E-state index in [0.717, 1.165) is 37.0 Å². The Kier molecular flexibility index (Phi) is 4.71. The molecule has 5 nitrogen and oxygen atoms in total. The number of aromatic nitrogens is 2. The van der Waals surface area contributed by atoms with Gasteiger partial charge in [-0.3, -0.25) is 4.79 Å². The molecule has 158 valence electrons. The van der Waals surface area contributed by atoms with Gasteiger partial charge in [-0.15, -0.1) is 0 Å². The molecule has 0 radical (unpaired) electrons. The highest BCUT2D eigenvalue weighted by molar-refractivity contribution is 7.99. The Labute approximate surface area is 172 Å². The van der Waals surface area contributed by atoms with Gasteiger partial charge in [0.1, 0.15) is 0 Å². The van der Waals surface area contributed by atoms with E-state index in [1.165, 1.54) is 24.2 Å². The average molecular weight is 427 g/mol. The molecule has 6 rings (SSSR count).